The van der Waals surface area contributed by atoms with Crippen molar-refractivity contribution in [3.63, 3.8) is 0 Å². The van der Waals surface area contributed by atoms with Gasteiger partial charge in [0, 0.05) is 17.3 Å². The first-order valence-electron chi connectivity index (χ1n) is 8.88. The van der Waals surface area contributed by atoms with E-state index in [1.165, 1.54) is 16.6 Å². The van der Waals surface area contributed by atoms with Gasteiger partial charge < -0.3 is 9.88 Å². The molecule has 1 amide bonds. The zero-order valence-corrected chi connectivity index (χ0v) is 17.2. The maximum atomic E-state index is 12.5. The highest BCUT2D eigenvalue weighted by Gasteiger charge is 2.30. The second-order valence-electron chi connectivity index (χ2n) is 6.53. The SMILES string of the molecule is O=C(CSc1nnc(Cc2cccs2)n1C1CC1)Nc1cccc2nsnc12. The minimum Gasteiger partial charge on any atom is -0.323 e. The molecule has 1 saturated carbocycles. The van der Waals surface area contributed by atoms with Gasteiger partial charge in [-0.15, -0.1) is 21.5 Å². The Balaban J connectivity index is 1.28. The summed E-state index contributed by atoms with van der Waals surface area (Å²) < 4.78 is 10.7. The lowest BCUT2D eigenvalue weighted by atomic mass is 10.2. The van der Waals surface area contributed by atoms with Gasteiger partial charge >= 0.3 is 0 Å². The Hall–Kier alpha value is -2.30. The zero-order chi connectivity index (χ0) is 18.9. The second kappa shape index (κ2) is 7.61. The molecule has 28 heavy (non-hydrogen) atoms. The Bertz CT molecular complexity index is 1120. The molecule has 1 N–H and O–H groups in total. The van der Waals surface area contributed by atoms with E-state index in [-0.39, 0.29) is 11.7 Å². The Kier molecular flexibility index (Phi) is 4.83. The van der Waals surface area contributed by atoms with Gasteiger partial charge in [-0.3, -0.25) is 4.79 Å². The van der Waals surface area contributed by atoms with Gasteiger partial charge in [0.2, 0.25) is 5.91 Å². The van der Waals surface area contributed by atoms with E-state index in [0.717, 1.165) is 53.0 Å². The molecule has 1 aliphatic carbocycles. The molecule has 0 atom stereocenters. The Morgan fingerprint density at radius 3 is 2.96 bits per heavy atom. The Morgan fingerprint density at radius 2 is 2.14 bits per heavy atom. The highest BCUT2D eigenvalue weighted by Crippen LogP contribution is 2.39. The lowest BCUT2D eigenvalue weighted by Gasteiger charge is -2.09. The van der Waals surface area contributed by atoms with Crippen LogP contribution in [0.25, 0.3) is 11.0 Å². The summed E-state index contributed by atoms with van der Waals surface area (Å²) in [6.07, 6.45) is 3.08. The summed E-state index contributed by atoms with van der Waals surface area (Å²) in [5.74, 6) is 1.17. The highest BCUT2D eigenvalue weighted by molar-refractivity contribution is 7.99. The summed E-state index contributed by atoms with van der Waals surface area (Å²) in [4.78, 5) is 13.8. The fourth-order valence-corrected chi connectivity index (χ4v) is 5.09. The maximum Gasteiger partial charge on any atom is 0.234 e. The molecule has 3 heterocycles. The number of hydrogen-bond donors (Lipinski definition) is 1. The van der Waals surface area contributed by atoms with Crippen LogP contribution in [0.15, 0.2) is 40.9 Å². The van der Waals surface area contributed by atoms with Crippen molar-refractivity contribution in [3.8, 4) is 0 Å². The van der Waals surface area contributed by atoms with Gasteiger partial charge in [-0.1, -0.05) is 23.9 Å². The van der Waals surface area contributed by atoms with Crippen molar-refractivity contribution in [1.29, 1.82) is 0 Å². The Labute approximate surface area is 173 Å². The number of rotatable bonds is 7. The minimum absolute atomic E-state index is 0.0874. The third-order valence-electron chi connectivity index (χ3n) is 4.45. The van der Waals surface area contributed by atoms with E-state index in [4.69, 9.17) is 0 Å². The lowest BCUT2D eigenvalue weighted by molar-refractivity contribution is -0.113. The van der Waals surface area contributed by atoms with Gasteiger partial charge in [0.1, 0.15) is 16.9 Å². The van der Waals surface area contributed by atoms with Gasteiger partial charge in [-0.25, -0.2) is 0 Å². The molecule has 142 valence electrons. The van der Waals surface area contributed by atoms with E-state index >= 15 is 0 Å². The number of anilines is 1. The summed E-state index contributed by atoms with van der Waals surface area (Å²) in [5.41, 5.74) is 2.21. The van der Waals surface area contributed by atoms with E-state index in [0.29, 0.717) is 11.7 Å². The van der Waals surface area contributed by atoms with E-state index in [9.17, 15) is 4.79 Å². The number of fused-ring (bicyclic) bond motifs is 1. The van der Waals surface area contributed by atoms with Crippen molar-refractivity contribution in [2.45, 2.75) is 30.5 Å². The molecule has 4 aromatic rings. The zero-order valence-electron chi connectivity index (χ0n) is 14.7. The number of thiophene rings is 1. The largest absolute Gasteiger partial charge is 0.323 e. The standard InChI is InChI=1S/C18H16N6OS3/c25-16(19-13-4-1-5-14-17(13)23-28-22-14)10-27-18-21-20-15(24(18)11-6-7-11)9-12-3-2-8-26-12/h1-5,8,11H,6-7,9-10H2,(H,19,25). The molecule has 1 aromatic carbocycles. The van der Waals surface area contributed by atoms with Gasteiger partial charge in [0.15, 0.2) is 5.16 Å². The maximum absolute atomic E-state index is 12.5. The van der Waals surface area contributed by atoms with Crippen molar-refractivity contribution >= 4 is 57.5 Å². The van der Waals surface area contributed by atoms with E-state index in [2.05, 4.69) is 46.3 Å². The molecule has 0 spiro atoms. The number of hydrogen-bond acceptors (Lipinski definition) is 8. The quantitative estimate of drug-likeness (QED) is 0.448. The molecule has 10 heteroatoms. The molecule has 1 aliphatic rings. The molecule has 7 nitrogen and oxygen atoms in total. The molecule has 0 saturated heterocycles. The van der Waals surface area contributed by atoms with Gasteiger partial charge in [-0.2, -0.15) is 8.75 Å². The fraction of sp³-hybridized carbons (Fsp3) is 0.278. The van der Waals surface area contributed by atoms with Crippen molar-refractivity contribution in [2.24, 2.45) is 0 Å². The number of thioether (sulfide) groups is 1. The first kappa shape index (κ1) is 17.8. The van der Waals surface area contributed by atoms with Gasteiger partial charge in [0.25, 0.3) is 0 Å². The predicted molar refractivity (Wildman–Crippen MR) is 112 cm³/mol. The monoisotopic (exact) mass is 428 g/mol. The highest BCUT2D eigenvalue weighted by atomic mass is 32.2. The molecule has 3 aromatic heterocycles. The topological polar surface area (TPSA) is 85.6 Å². The van der Waals surface area contributed by atoms with Crippen LogP contribution in [0.1, 0.15) is 29.6 Å². The third-order valence-corrected chi connectivity index (χ3v) is 6.81. The molecule has 1 fully saturated rings. The van der Waals surface area contributed by atoms with Crippen molar-refractivity contribution in [1.82, 2.24) is 23.5 Å². The van der Waals surface area contributed by atoms with Crippen molar-refractivity contribution < 1.29 is 4.79 Å². The normalized spacial score (nSPS) is 13.9. The fourth-order valence-electron chi connectivity index (χ4n) is 3.02. The molecular formula is C18H16N6OS3. The Morgan fingerprint density at radius 1 is 1.21 bits per heavy atom. The number of amides is 1. The number of carbonyl (C=O) groups is 1. The summed E-state index contributed by atoms with van der Waals surface area (Å²) in [5, 5.41) is 14.6. The van der Waals surface area contributed by atoms with Crippen LogP contribution in [0.3, 0.4) is 0 Å². The summed E-state index contributed by atoms with van der Waals surface area (Å²) in [7, 11) is 0. The number of carbonyl (C=O) groups excluding carboxylic acids is 1. The summed E-state index contributed by atoms with van der Waals surface area (Å²) in [6, 6.07) is 10.2. The van der Waals surface area contributed by atoms with Gasteiger partial charge in [0.05, 0.1) is 23.2 Å². The van der Waals surface area contributed by atoms with E-state index in [1.54, 1.807) is 11.3 Å². The minimum atomic E-state index is -0.0874. The first-order valence-corrected chi connectivity index (χ1v) is 11.5. The third kappa shape index (κ3) is 3.67. The first-order chi connectivity index (χ1) is 13.8. The molecule has 0 bridgehead atoms. The molecular weight excluding hydrogens is 412 g/mol. The smallest absolute Gasteiger partial charge is 0.234 e. The average Bonchev–Trinajstić information content (AvgIpc) is 3.11. The lowest BCUT2D eigenvalue weighted by Crippen LogP contribution is -2.15. The van der Waals surface area contributed by atoms with Crippen LogP contribution in [0.4, 0.5) is 5.69 Å². The average molecular weight is 429 g/mol. The van der Waals surface area contributed by atoms with Crippen molar-refractivity contribution in [2.75, 3.05) is 11.1 Å². The number of benzene rings is 1. The summed E-state index contributed by atoms with van der Waals surface area (Å²) >= 11 is 4.30. The second-order valence-corrected chi connectivity index (χ2v) is 9.03. The number of aromatic nitrogens is 5. The van der Waals surface area contributed by atoms with Crippen LogP contribution in [0.5, 0.6) is 0 Å². The molecule has 0 aliphatic heterocycles. The molecule has 0 radical (unpaired) electrons. The number of nitrogens with one attached hydrogen (secondary N) is 1. The van der Waals surface area contributed by atoms with Crippen LogP contribution in [-0.4, -0.2) is 35.2 Å². The van der Waals surface area contributed by atoms with Crippen LogP contribution in [-0.2, 0) is 11.2 Å². The van der Waals surface area contributed by atoms with Crippen LogP contribution in [0, 0.1) is 0 Å². The van der Waals surface area contributed by atoms with Crippen molar-refractivity contribution in [3.05, 3.63) is 46.4 Å². The van der Waals surface area contributed by atoms with Gasteiger partial charge in [-0.05, 0) is 36.4 Å². The van der Waals surface area contributed by atoms with E-state index < -0.39 is 0 Å². The van der Waals surface area contributed by atoms with Crippen LogP contribution < -0.4 is 5.32 Å². The summed E-state index contributed by atoms with van der Waals surface area (Å²) in [6.45, 7) is 0. The van der Waals surface area contributed by atoms with E-state index in [1.807, 2.05) is 18.2 Å². The molecule has 0 unspecified atom stereocenters. The predicted octanol–water partition coefficient (Wildman–Crippen LogP) is 4.00. The molecule has 5 rings (SSSR count). The van der Waals surface area contributed by atoms with Crippen LogP contribution >= 0.6 is 34.8 Å². The van der Waals surface area contributed by atoms with Crippen LogP contribution in [0.2, 0.25) is 0 Å². The number of nitrogens with zero attached hydrogens (tertiary/aromatic N) is 5.